The zero-order valence-electron chi connectivity index (χ0n) is 15.0. The van der Waals surface area contributed by atoms with Gasteiger partial charge in [0.15, 0.2) is 0 Å². The molecule has 5 nitrogen and oxygen atoms in total. The lowest BCUT2D eigenvalue weighted by Crippen LogP contribution is -2.34. The Morgan fingerprint density at radius 2 is 2.08 bits per heavy atom. The first kappa shape index (κ1) is 19.6. The summed E-state index contributed by atoms with van der Waals surface area (Å²) in [4.78, 5) is 4.01. The molecule has 1 aromatic heterocycles. The summed E-state index contributed by atoms with van der Waals surface area (Å²) in [5, 5.41) is 5.31. The fourth-order valence-corrected chi connectivity index (χ4v) is 3.87. The summed E-state index contributed by atoms with van der Waals surface area (Å²) in [7, 11) is 0. The van der Waals surface area contributed by atoms with Crippen LogP contribution in [-0.4, -0.2) is 27.5 Å². The van der Waals surface area contributed by atoms with Crippen LogP contribution in [-0.2, 0) is 21.8 Å². The fraction of sp³-hybridized carbons (Fsp3) is 0.579. The van der Waals surface area contributed by atoms with Crippen LogP contribution in [0.2, 0.25) is 10.0 Å². The van der Waals surface area contributed by atoms with Gasteiger partial charge in [-0.05, 0) is 18.6 Å². The second-order valence-corrected chi connectivity index (χ2v) is 7.57. The Morgan fingerprint density at radius 3 is 2.81 bits per heavy atom. The van der Waals surface area contributed by atoms with Gasteiger partial charge in [-0.2, -0.15) is 5.10 Å². The average Bonchev–Trinajstić information content (AvgIpc) is 3.26. The number of hydrogen-bond donors (Lipinski definition) is 0. The van der Waals surface area contributed by atoms with Crippen LogP contribution in [0, 0.1) is 0 Å². The summed E-state index contributed by atoms with van der Waals surface area (Å²) in [6.07, 6.45) is 10.4. The Labute approximate surface area is 164 Å². The average molecular weight is 398 g/mol. The molecule has 1 saturated heterocycles. The lowest BCUT2D eigenvalue weighted by atomic mass is 10.1. The quantitative estimate of drug-likeness (QED) is 0.544. The minimum absolute atomic E-state index is 0.0480. The van der Waals surface area contributed by atoms with Gasteiger partial charge in [-0.1, -0.05) is 68.3 Å². The summed E-state index contributed by atoms with van der Waals surface area (Å²) in [6.45, 7) is 3.16. The van der Waals surface area contributed by atoms with E-state index in [0.717, 1.165) is 18.4 Å². The second kappa shape index (κ2) is 9.18. The fourth-order valence-electron chi connectivity index (χ4n) is 3.32. The van der Waals surface area contributed by atoms with E-state index in [-0.39, 0.29) is 6.10 Å². The van der Waals surface area contributed by atoms with Crippen LogP contribution in [0.5, 0.6) is 0 Å². The highest BCUT2D eigenvalue weighted by Crippen LogP contribution is 2.41. The molecular weight excluding hydrogens is 373 g/mol. The molecular formula is C19H25Cl2N3O2. The van der Waals surface area contributed by atoms with E-state index < -0.39 is 5.79 Å². The Balaban J connectivity index is 1.73. The highest BCUT2D eigenvalue weighted by atomic mass is 35.5. The lowest BCUT2D eigenvalue weighted by Gasteiger charge is -2.29. The molecule has 1 aliphatic rings. The predicted molar refractivity (Wildman–Crippen MR) is 102 cm³/mol. The van der Waals surface area contributed by atoms with Crippen molar-refractivity contribution in [3.05, 3.63) is 46.5 Å². The van der Waals surface area contributed by atoms with Gasteiger partial charge in [0, 0.05) is 10.6 Å². The molecule has 0 amide bonds. The van der Waals surface area contributed by atoms with Crippen molar-refractivity contribution in [1.29, 1.82) is 0 Å². The highest BCUT2D eigenvalue weighted by Gasteiger charge is 2.45. The van der Waals surface area contributed by atoms with Gasteiger partial charge in [0.2, 0.25) is 5.79 Å². The molecule has 7 heteroatoms. The van der Waals surface area contributed by atoms with Crippen molar-refractivity contribution in [3.63, 3.8) is 0 Å². The van der Waals surface area contributed by atoms with Gasteiger partial charge in [-0.25, -0.2) is 9.67 Å². The van der Waals surface area contributed by atoms with Crippen molar-refractivity contribution in [1.82, 2.24) is 14.8 Å². The van der Waals surface area contributed by atoms with Crippen LogP contribution in [0.4, 0.5) is 0 Å². The molecule has 1 aliphatic heterocycles. The Kier molecular flexibility index (Phi) is 6.92. The smallest absolute Gasteiger partial charge is 0.217 e. The number of rotatable bonds is 9. The summed E-state index contributed by atoms with van der Waals surface area (Å²) >= 11 is 12.5. The molecule has 26 heavy (non-hydrogen) atoms. The summed E-state index contributed by atoms with van der Waals surface area (Å²) in [6, 6.07) is 5.38. The SMILES string of the molecule is CCCCCCCC1COC(Cn2cncn2)(c2ccc(Cl)cc2Cl)O1. The van der Waals surface area contributed by atoms with E-state index in [1.54, 1.807) is 23.1 Å². The maximum absolute atomic E-state index is 6.46. The standard InChI is InChI=1S/C19H25Cl2N3O2/c1-2-3-4-5-6-7-16-11-25-19(26-16,12-24-14-22-13-23-24)17-9-8-15(20)10-18(17)21/h8-10,13-14,16H,2-7,11-12H2,1H3. The molecule has 3 rings (SSSR count). The maximum atomic E-state index is 6.46. The molecule has 1 aromatic carbocycles. The number of aromatic nitrogens is 3. The first-order valence-corrected chi connectivity index (χ1v) is 9.98. The predicted octanol–water partition coefficient (Wildman–Crippen LogP) is 5.21. The van der Waals surface area contributed by atoms with Crippen molar-refractivity contribution in [2.45, 2.75) is 63.9 Å². The minimum atomic E-state index is -0.969. The van der Waals surface area contributed by atoms with E-state index in [0.29, 0.717) is 23.2 Å². The largest absolute Gasteiger partial charge is 0.342 e. The number of unbranched alkanes of at least 4 members (excludes halogenated alkanes) is 4. The van der Waals surface area contributed by atoms with Crippen LogP contribution in [0.25, 0.3) is 0 Å². The van der Waals surface area contributed by atoms with Crippen LogP contribution in [0.3, 0.4) is 0 Å². The zero-order valence-corrected chi connectivity index (χ0v) is 16.5. The van der Waals surface area contributed by atoms with E-state index in [4.69, 9.17) is 32.7 Å². The van der Waals surface area contributed by atoms with E-state index in [2.05, 4.69) is 17.0 Å². The van der Waals surface area contributed by atoms with E-state index in [9.17, 15) is 0 Å². The van der Waals surface area contributed by atoms with Crippen LogP contribution in [0.1, 0.15) is 51.0 Å². The Hall–Kier alpha value is -1.14. The molecule has 0 spiro atoms. The van der Waals surface area contributed by atoms with Gasteiger partial charge in [-0.15, -0.1) is 0 Å². The van der Waals surface area contributed by atoms with Crippen molar-refractivity contribution in [3.8, 4) is 0 Å². The molecule has 1 fully saturated rings. The molecule has 0 bridgehead atoms. The lowest BCUT2D eigenvalue weighted by molar-refractivity contribution is -0.189. The number of nitrogens with zero attached hydrogens (tertiary/aromatic N) is 3. The van der Waals surface area contributed by atoms with Crippen molar-refractivity contribution < 1.29 is 9.47 Å². The first-order chi connectivity index (χ1) is 12.6. The third kappa shape index (κ3) is 4.77. The molecule has 0 aliphatic carbocycles. The van der Waals surface area contributed by atoms with E-state index >= 15 is 0 Å². The van der Waals surface area contributed by atoms with Gasteiger partial charge in [0.05, 0.1) is 17.7 Å². The number of ether oxygens (including phenoxy) is 2. The van der Waals surface area contributed by atoms with Gasteiger partial charge in [-0.3, -0.25) is 0 Å². The molecule has 2 atom stereocenters. The highest BCUT2D eigenvalue weighted by molar-refractivity contribution is 6.35. The van der Waals surface area contributed by atoms with Crippen molar-refractivity contribution in [2.75, 3.05) is 6.61 Å². The van der Waals surface area contributed by atoms with Crippen molar-refractivity contribution in [2.24, 2.45) is 0 Å². The first-order valence-electron chi connectivity index (χ1n) is 9.22. The summed E-state index contributed by atoms with van der Waals surface area (Å²) in [5.74, 6) is -0.969. The normalized spacial score (nSPS) is 22.8. The summed E-state index contributed by atoms with van der Waals surface area (Å²) < 4.78 is 14.3. The molecule has 2 aromatic rings. The van der Waals surface area contributed by atoms with E-state index in [1.807, 2.05) is 6.07 Å². The molecule has 142 valence electrons. The molecule has 0 radical (unpaired) electrons. The third-order valence-electron chi connectivity index (χ3n) is 4.67. The topological polar surface area (TPSA) is 49.2 Å². The molecule has 2 unspecified atom stereocenters. The van der Waals surface area contributed by atoms with Gasteiger partial charge in [0.1, 0.15) is 19.2 Å². The zero-order chi connectivity index (χ0) is 18.4. The minimum Gasteiger partial charge on any atom is -0.342 e. The van der Waals surface area contributed by atoms with Crippen LogP contribution >= 0.6 is 23.2 Å². The molecule has 2 heterocycles. The third-order valence-corrected chi connectivity index (χ3v) is 5.22. The monoisotopic (exact) mass is 397 g/mol. The Morgan fingerprint density at radius 1 is 1.23 bits per heavy atom. The Bertz CT molecular complexity index is 696. The number of hydrogen-bond acceptors (Lipinski definition) is 4. The van der Waals surface area contributed by atoms with E-state index in [1.165, 1.54) is 32.0 Å². The number of benzene rings is 1. The second-order valence-electron chi connectivity index (χ2n) is 6.72. The summed E-state index contributed by atoms with van der Waals surface area (Å²) in [5.41, 5.74) is 0.771. The van der Waals surface area contributed by atoms with Gasteiger partial charge in [0.25, 0.3) is 0 Å². The van der Waals surface area contributed by atoms with Crippen LogP contribution < -0.4 is 0 Å². The van der Waals surface area contributed by atoms with Crippen LogP contribution in [0.15, 0.2) is 30.9 Å². The van der Waals surface area contributed by atoms with Crippen molar-refractivity contribution >= 4 is 23.2 Å². The molecule has 0 N–H and O–H groups in total. The van der Waals surface area contributed by atoms with Gasteiger partial charge < -0.3 is 9.47 Å². The maximum Gasteiger partial charge on any atom is 0.217 e. The molecule has 0 saturated carbocycles. The number of halogens is 2. The van der Waals surface area contributed by atoms with Gasteiger partial charge >= 0.3 is 0 Å².